The first-order chi connectivity index (χ1) is 30.0. The molecule has 61 heavy (non-hydrogen) atoms. The second-order valence-electron chi connectivity index (χ2n) is 18.5. The first-order valence-electron chi connectivity index (χ1n) is 27.2. The molecule has 0 aliphatic carbocycles. The molecular formula is C55H104O6. The molecule has 0 rings (SSSR count). The van der Waals surface area contributed by atoms with Crippen LogP contribution in [0.5, 0.6) is 0 Å². The van der Waals surface area contributed by atoms with Crippen LogP contribution in [0.4, 0.5) is 0 Å². The van der Waals surface area contributed by atoms with Crippen LogP contribution in [0.1, 0.15) is 303 Å². The SMILES string of the molecule is CCCCCC/C=C\CCCCCCCC(=O)OC(COC(=O)CCCCCCCCCCCCCCCCC)COC(=O)CCCCCCCCCCCCCCCCC. The van der Waals surface area contributed by atoms with Crippen molar-refractivity contribution in [2.45, 2.75) is 309 Å². The van der Waals surface area contributed by atoms with E-state index in [0.717, 1.165) is 64.2 Å². The van der Waals surface area contributed by atoms with Crippen molar-refractivity contribution in [2.24, 2.45) is 0 Å². The van der Waals surface area contributed by atoms with Crippen molar-refractivity contribution in [1.82, 2.24) is 0 Å². The van der Waals surface area contributed by atoms with Gasteiger partial charge in [-0.05, 0) is 44.9 Å². The van der Waals surface area contributed by atoms with Gasteiger partial charge in [0.15, 0.2) is 6.10 Å². The lowest BCUT2D eigenvalue weighted by molar-refractivity contribution is -0.167. The molecule has 0 unspecified atom stereocenters. The van der Waals surface area contributed by atoms with Crippen LogP contribution in [0, 0.1) is 0 Å². The van der Waals surface area contributed by atoms with Gasteiger partial charge in [-0.15, -0.1) is 0 Å². The Morgan fingerprint density at radius 1 is 0.311 bits per heavy atom. The Morgan fingerprint density at radius 3 is 0.836 bits per heavy atom. The largest absolute Gasteiger partial charge is 0.462 e. The minimum Gasteiger partial charge on any atom is -0.462 e. The molecule has 0 aromatic heterocycles. The van der Waals surface area contributed by atoms with Crippen molar-refractivity contribution < 1.29 is 28.6 Å². The van der Waals surface area contributed by atoms with Crippen LogP contribution < -0.4 is 0 Å². The Balaban J connectivity index is 4.32. The first-order valence-corrected chi connectivity index (χ1v) is 27.2. The number of allylic oxidation sites excluding steroid dienone is 2. The summed E-state index contributed by atoms with van der Waals surface area (Å²) in [6.07, 6.45) is 56.2. The quantitative estimate of drug-likeness (QED) is 0.0262. The molecule has 0 spiro atoms. The fraction of sp³-hybridized carbons (Fsp3) is 0.909. The van der Waals surface area contributed by atoms with Gasteiger partial charge in [0, 0.05) is 19.3 Å². The van der Waals surface area contributed by atoms with Crippen LogP contribution in [0.3, 0.4) is 0 Å². The summed E-state index contributed by atoms with van der Waals surface area (Å²) in [5.41, 5.74) is 0. The molecule has 0 fully saturated rings. The van der Waals surface area contributed by atoms with E-state index in [1.807, 2.05) is 0 Å². The number of carbonyl (C=O) groups is 3. The molecule has 0 aromatic rings. The Hall–Kier alpha value is -1.85. The van der Waals surface area contributed by atoms with Gasteiger partial charge in [0.1, 0.15) is 13.2 Å². The maximum Gasteiger partial charge on any atom is 0.306 e. The third-order valence-corrected chi connectivity index (χ3v) is 12.3. The van der Waals surface area contributed by atoms with E-state index in [9.17, 15) is 14.4 Å². The summed E-state index contributed by atoms with van der Waals surface area (Å²) in [7, 11) is 0. The molecule has 0 saturated heterocycles. The molecule has 0 bridgehead atoms. The lowest BCUT2D eigenvalue weighted by Gasteiger charge is -2.18. The van der Waals surface area contributed by atoms with Crippen LogP contribution in [-0.2, 0) is 28.6 Å². The van der Waals surface area contributed by atoms with Crippen molar-refractivity contribution >= 4 is 17.9 Å². The normalized spacial score (nSPS) is 11.5. The summed E-state index contributed by atoms with van der Waals surface area (Å²) in [6, 6.07) is 0. The van der Waals surface area contributed by atoms with Gasteiger partial charge >= 0.3 is 17.9 Å². The van der Waals surface area contributed by atoms with Crippen LogP contribution in [0.15, 0.2) is 12.2 Å². The standard InChI is InChI=1S/C55H104O6/c1-4-7-10-13-16-19-22-25-27-30-32-35-38-41-44-47-53(56)59-50-52(61-55(58)49-46-43-40-37-34-29-24-21-18-15-12-9-6-3)51-60-54(57)48-45-42-39-36-33-31-28-26-23-20-17-14-11-8-5-2/h21,24,52H,4-20,22-23,25-51H2,1-3H3/b24-21-. The van der Waals surface area contributed by atoms with Gasteiger partial charge in [-0.3, -0.25) is 14.4 Å². The molecule has 6 heteroatoms. The second kappa shape index (κ2) is 50.8. The molecule has 0 aromatic carbocycles. The van der Waals surface area contributed by atoms with Gasteiger partial charge < -0.3 is 14.2 Å². The van der Waals surface area contributed by atoms with E-state index in [-0.39, 0.29) is 31.1 Å². The van der Waals surface area contributed by atoms with E-state index in [4.69, 9.17) is 14.2 Å². The number of esters is 3. The Kier molecular flexibility index (Phi) is 49.3. The van der Waals surface area contributed by atoms with Crippen LogP contribution in [0.2, 0.25) is 0 Å². The zero-order valence-electron chi connectivity index (χ0n) is 41.2. The van der Waals surface area contributed by atoms with Crippen LogP contribution >= 0.6 is 0 Å². The minimum atomic E-state index is -0.767. The van der Waals surface area contributed by atoms with E-state index in [1.54, 1.807) is 0 Å². The van der Waals surface area contributed by atoms with Crippen molar-refractivity contribution in [1.29, 1.82) is 0 Å². The van der Waals surface area contributed by atoms with E-state index in [1.165, 1.54) is 199 Å². The molecule has 0 atom stereocenters. The highest BCUT2D eigenvalue weighted by molar-refractivity contribution is 5.71. The monoisotopic (exact) mass is 861 g/mol. The third-order valence-electron chi connectivity index (χ3n) is 12.3. The molecule has 0 aliphatic rings. The molecule has 0 saturated carbocycles. The lowest BCUT2D eigenvalue weighted by Crippen LogP contribution is -2.30. The van der Waals surface area contributed by atoms with Crippen LogP contribution in [0.25, 0.3) is 0 Å². The Labute approximate surface area is 380 Å². The highest BCUT2D eigenvalue weighted by atomic mass is 16.6. The summed E-state index contributed by atoms with van der Waals surface area (Å²) in [6.45, 7) is 6.66. The Bertz CT molecular complexity index is 897. The summed E-state index contributed by atoms with van der Waals surface area (Å²) in [5, 5.41) is 0. The Morgan fingerprint density at radius 2 is 0.541 bits per heavy atom. The van der Waals surface area contributed by atoms with E-state index < -0.39 is 6.10 Å². The highest BCUT2D eigenvalue weighted by Crippen LogP contribution is 2.17. The first kappa shape index (κ1) is 59.1. The number of rotatable bonds is 50. The summed E-state index contributed by atoms with van der Waals surface area (Å²) >= 11 is 0. The highest BCUT2D eigenvalue weighted by Gasteiger charge is 2.19. The topological polar surface area (TPSA) is 78.9 Å². The fourth-order valence-electron chi connectivity index (χ4n) is 8.14. The molecular weight excluding hydrogens is 757 g/mol. The lowest BCUT2D eigenvalue weighted by atomic mass is 10.0. The summed E-state index contributed by atoms with van der Waals surface area (Å²) < 4.78 is 16.8. The van der Waals surface area contributed by atoms with E-state index >= 15 is 0 Å². The molecule has 0 radical (unpaired) electrons. The third kappa shape index (κ3) is 49.0. The van der Waals surface area contributed by atoms with Crippen molar-refractivity contribution in [3.8, 4) is 0 Å². The zero-order valence-corrected chi connectivity index (χ0v) is 41.2. The predicted molar refractivity (Wildman–Crippen MR) is 261 cm³/mol. The maximum atomic E-state index is 12.8. The number of carbonyl (C=O) groups excluding carboxylic acids is 3. The number of hydrogen-bond acceptors (Lipinski definition) is 6. The summed E-state index contributed by atoms with van der Waals surface area (Å²) in [4.78, 5) is 38.0. The number of ether oxygens (including phenoxy) is 3. The molecule has 6 nitrogen and oxygen atoms in total. The predicted octanol–water partition coefficient (Wildman–Crippen LogP) is 17.8. The van der Waals surface area contributed by atoms with Gasteiger partial charge in [0.05, 0.1) is 0 Å². The van der Waals surface area contributed by atoms with Crippen molar-refractivity contribution in [3.05, 3.63) is 12.2 Å². The van der Waals surface area contributed by atoms with Gasteiger partial charge in [-0.2, -0.15) is 0 Å². The number of unbranched alkanes of at least 4 members (excludes halogenated alkanes) is 37. The molecule has 0 amide bonds. The van der Waals surface area contributed by atoms with E-state index in [2.05, 4.69) is 32.9 Å². The van der Waals surface area contributed by atoms with Gasteiger partial charge in [0.25, 0.3) is 0 Å². The van der Waals surface area contributed by atoms with Crippen molar-refractivity contribution in [2.75, 3.05) is 13.2 Å². The van der Waals surface area contributed by atoms with Gasteiger partial charge in [-0.1, -0.05) is 251 Å². The van der Waals surface area contributed by atoms with E-state index in [0.29, 0.717) is 19.3 Å². The molecule has 0 N–H and O–H groups in total. The minimum absolute atomic E-state index is 0.0678. The number of hydrogen-bond donors (Lipinski definition) is 0. The fourth-order valence-corrected chi connectivity index (χ4v) is 8.14. The maximum absolute atomic E-state index is 12.8. The van der Waals surface area contributed by atoms with Crippen molar-refractivity contribution in [3.63, 3.8) is 0 Å². The smallest absolute Gasteiger partial charge is 0.306 e. The average molecular weight is 861 g/mol. The zero-order chi connectivity index (χ0) is 44.4. The summed E-state index contributed by atoms with van der Waals surface area (Å²) in [5.74, 6) is -0.856. The average Bonchev–Trinajstić information content (AvgIpc) is 3.26. The molecule has 0 heterocycles. The van der Waals surface area contributed by atoms with Crippen LogP contribution in [-0.4, -0.2) is 37.2 Å². The molecule has 0 aliphatic heterocycles. The van der Waals surface area contributed by atoms with Gasteiger partial charge in [0.2, 0.25) is 0 Å². The second-order valence-corrected chi connectivity index (χ2v) is 18.5. The van der Waals surface area contributed by atoms with Gasteiger partial charge in [-0.25, -0.2) is 0 Å². The molecule has 360 valence electrons.